The molecule has 19 heavy (non-hydrogen) atoms. The van der Waals surface area contributed by atoms with E-state index in [4.69, 9.17) is 0 Å². The molecule has 2 rings (SSSR count). The highest BCUT2D eigenvalue weighted by Crippen LogP contribution is 2.27. The summed E-state index contributed by atoms with van der Waals surface area (Å²) in [4.78, 5) is 12.2. The molecule has 0 bridgehead atoms. The van der Waals surface area contributed by atoms with Gasteiger partial charge in [-0.15, -0.1) is 0 Å². The number of benzene rings is 1. The minimum absolute atomic E-state index is 0.0711. The van der Waals surface area contributed by atoms with Crippen molar-refractivity contribution in [2.24, 2.45) is 0 Å². The van der Waals surface area contributed by atoms with E-state index in [2.05, 4.69) is 34.9 Å². The van der Waals surface area contributed by atoms with E-state index in [0.717, 1.165) is 19.4 Å². The van der Waals surface area contributed by atoms with Gasteiger partial charge in [-0.2, -0.15) is 0 Å². The summed E-state index contributed by atoms with van der Waals surface area (Å²) in [6.07, 6.45) is 1.98. The van der Waals surface area contributed by atoms with Gasteiger partial charge in [-0.1, -0.05) is 30.3 Å². The van der Waals surface area contributed by atoms with Gasteiger partial charge in [-0.3, -0.25) is 4.79 Å². The van der Waals surface area contributed by atoms with Gasteiger partial charge < -0.3 is 10.6 Å². The maximum absolute atomic E-state index is 12.2. The lowest BCUT2D eigenvalue weighted by Gasteiger charge is -2.32. The summed E-state index contributed by atoms with van der Waals surface area (Å²) in [6, 6.07) is 10.4. The molecule has 1 fully saturated rings. The molecule has 0 aromatic heterocycles. The minimum Gasteiger partial charge on any atom is -0.350 e. The normalized spacial score (nSPS) is 23.9. The van der Waals surface area contributed by atoms with Gasteiger partial charge in [0.15, 0.2) is 0 Å². The molecule has 3 heteroatoms. The minimum atomic E-state index is -0.168. The van der Waals surface area contributed by atoms with E-state index in [9.17, 15) is 4.79 Å². The van der Waals surface area contributed by atoms with Crippen molar-refractivity contribution >= 4 is 5.91 Å². The predicted octanol–water partition coefficient (Wildman–Crippen LogP) is 2.44. The number of hydrogen-bond acceptors (Lipinski definition) is 2. The SMILES string of the molecule is CC(C)(C)NC(=O)[C@H]1C[C@@H](c2ccccc2)CCN1. The molecule has 1 amide bonds. The molecule has 0 spiro atoms. The zero-order chi connectivity index (χ0) is 13.9. The molecule has 1 aromatic carbocycles. The molecule has 1 aliphatic heterocycles. The second-order valence-electron chi connectivity index (χ2n) is 6.38. The summed E-state index contributed by atoms with van der Waals surface area (Å²) in [7, 11) is 0. The van der Waals surface area contributed by atoms with Crippen molar-refractivity contribution < 1.29 is 4.79 Å². The second kappa shape index (κ2) is 5.74. The van der Waals surface area contributed by atoms with Crippen LogP contribution in [-0.4, -0.2) is 24.0 Å². The van der Waals surface area contributed by atoms with Gasteiger partial charge in [0, 0.05) is 5.54 Å². The Morgan fingerprint density at radius 3 is 2.58 bits per heavy atom. The lowest BCUT2D eigenvalue weighted by atomic mass is 9.86. The Kier molecular flexibility index (Phi) is 4.25. The van der Waals surface area contributed by atoms with Crippen molar-refractivity contribution in [3.05, 3.63) is 35.9 Å². The third kappa shape index (κ3) is 4.06. The van der Waals surface area contributed by atoms with Crippen LogP contribution in [0.5, 0.6) is 0 Å². The fraction of sp³-hybridized carbons (Fsp3) is 0.562. The Balaban J connectivity index is 2.00. The second-order valence-corrected chi connectivity index (χ2v) is 6.38. The van der Waals surface area contributed by atoms with Gasteiger partial charge in [-0.05, 0) is 51.6 Å². The summed E-state index contributed by atoms with van der Waals surface area (Å²) in [6.45, 7) is 6.95. The summed E-state index contributed by atoms with van der Waals surface area (Å²) in [5.74, 6) is 0.603. The van der Waals surface area contributed by atoms with Crippen LogP contribution < -0.4 is 10.6 Å². The highest BCUT2D eigenvalue weighted by Gasteiger charge is 2.29. The summed E-state index contributed by atoms with van der Waals surface area (Å²) in [5, 5.41) is 6.39. The molecular weight excluding hydrogens is 236 g/mol. The monoisotopic (exact) mass is 260 g/mol. The van der Waals surface area contributed by atoms with Crippen molar-refractivity contribution in [2.45, 2.75) is 51.1 Å². The quantitative estimate of drug-likeness (QED) is 0.857. The van der Waals surface area contributed by atoms with Crippen LogP contribution in [0.15, 0.2) is 30.3 Å². The van der Waals surface area contributed by atoms with Crippen LogP contribution >= 0.6 is 0 Å². The Hall–Kier alpha value is -1.35. The van der Waals surface area contributed by atoms with E-state index in [-0.39, 0.29) is 17.5 Å². The predicted molar refractivity (Wildman–Crippen MR) is 78.1 cm³/mol. The first-order valence-corrected chi connectivity index (χ1v) is 7.06. The third-order valence-electron chi connectivity index (χ3n) is 3.49. The topological polar surface area (TPSA) is 41.1 Å². The largest absolute Gasteiger partial charge is 0.350 e. The summed E-state index contributed by atoms with van der Waals surface area (Å²) in [5.41, 5.74) is 1.18. The number of carbonyl (C=O) groups is 1. The first-order chi connectivity index (χ1) is 8.96. The van der Waals surface area contributed by atoms with E-state index in [1.807, 2.05) is 26.8 Å². The van der Waals surface area contributed by atoms with Gasteiger partial charge in [0.05, 0.1) is 6.04 Å². The van der Waals surface area contributed by atoms with Crippen molar-refractivity contribution in [1.29, 1.82) is 0 Å². The molecule has 1 aliphatic rings. The van der Waals surface area contributed by atoms with E-state index in [1.54, 1.807) is 0 Å². The van der Waals surface area contributed by atoms with Gasteiger partial charge in [0.2, 0.25) is 5.91 Å². The molecule has 0 saturated carbocycles. The van der Waals surface area contributed by atoms with E-state index < -0.39 is 0 Å². The number of piperidine rings is 1. The molecule has 3 nitrogen and oxygen atoms in total. The number of carbonyl (C=O) groups excluding carboxylic acids is 1. The maximum atomic E-state index is 12.2. The van der Waals surface area contributed by atoms with E-state index in [1.165, 1.54) is 5.56 Å². The van der Waals surface area contributed by atoms with Crippen LogP contribution in [0.3, 0.4) is 0 Å². The molecular formula is C16H24N2O. The van der Waals surface area contributed by atoms with Crippen molar-refractivity contribution in [2.75, 3.05) is 6.54 Å². The van der Waals surface area contributed by atoms with Crippen LogP contribution in [0.1, 0.15) is 45.1 Å². The van der Waals surface area contributed by atoms with Gasteiger partial charge in [-0.25, -0.2) is 0 Å². The Morgan fingerprint density at radius 2 is 1.95 bits per heavy atom. The van der Waals surface area contributed by atoms with Crippen molar-refractivity contribution in [3.63, 3.8) is 0 Å². The number of amides is 1. The standard InChI is InChI=1S/C16H24N2O/c1-16(2,3)18-15(19)14-11-13(9-10-17-14)12-7-5-4-6-8-12/h4-8,13-14,17H,9-11H2,1-3H3,(H,18,19)/t13-,14+/m0/s1. The molecule has 0 radical (unpaired) electrons. The lowest BCUT2D eigenvalue weighted by Crippen LogP contribution is -2.53. The molecule has 1 aromatic rings. The van der Waals surface area contributed by atoms with Crippen molar-refractivity contribution in [3.8, 4) is 0 Å². The number of hydrogen-bond donors (Lipinski definition) is 2. The zero-order valence-electron chi connectivity index (χ0n) is 12.1. The summed E-state index contributed by atoms with van der Waals surface area (Å²) < 4.78 is 0. The smallest absolute Gasteiger partial charge is 0.237 e. The Morgan fingerprint density at radius 1 is 1.26 bits per heavy atom. The fourth-order valence-corrected chi connectivity index (χ4v) is 2.60. The van der Waals surface area contributed by atoms with E-state index >= 15 is 0 Å². The van der Waals surface area contributed by atoms with Crippen LogP contribution in [0, 0.1) is 0 Å². The first kappa shape index (κ1) is 14.1. The molecule has 0 aliphatic carbocycles. The summed E-state index contributed by atoms with van der Waals surface area (Å²) >= 11 is 0. The van der Waals surface area contributed by atoms with Gasteiger partial charge >= 0.3 is 0 Å². The zero-order valence-corrected chi connectivity index (χ0v) is 12.1. The molecule has 104 valence electrons. The van der Waals surface area contributed by atoms with Gasteiger partial charge in [0.25, 0.3) is 0 Å². The van der Waals surface area contributed by atoms with E-state index in [0.29, 0.717) is 5.92 Å². The molecule has 1 saturated heterocycles. The first-order valence-electron chi connectivity index (χ1n) is 7.06. The van der Waals surface area contributed by atoms with Crippen molar-refractivity contribution in [1.82, 2.24) is 10.6 Å². The van der Waals surface area contributed by atoms with Crippen LogP contribution in [0.25, 0.3) is 0 Å². The highest BCUT2D eigenvalue weighted by molar-refractivity contribution is 5.82. The average molecular weight is 260 g/mol. The number of rotatable bonds is 2. The number of nitrogens with one attached hydrogen (secondary N) is 2. The Labute approximate surface area is 115 Å². The average Bonchev–Trinajstić information content (AvgIpc) is 2.38. The Bertz CT molecular complexity index is 422. The fourth-order valence-electron chi connectivity index (χ4n) is 2.60. The molecule has 1 heterocycles. The highest BCUT2D eigenvalue weighted by atomic mass is 16.2. The van der Waals surface area contributed by atoms with Crippen LogP contribution in [-0.2, 0) is 4.79 Å². The van der Waals surface area contributed by atoms with Crippen LogP contribution in [0.4, 0.5) is 0 Å². The van der Waals surface area contributed by atoms with Crippen LogP contribution in [0.2, 0.25) is 0 Å². The molecule has 2 N–H and O–H groups in total. The maximum Gasteiger partial charge on any atom is 0.237 e. The van der Waals surface area contributed by atoms with Gasteiger partial charge in [0.1, 0.15) is 0 Å². The molecule has 2 atom stereocenters. The third-order valence-corrected chi connectivity index (χ3v) is 3.49. The lowest BCUT2D eigenvalue weighted by molar-refractivity contribution is -0.125. The molecule has 0 unspecified atom stereocenters.